The minimum Gasteiger partial charge on any atom is -0.465 e. The van der Waals surface area contributed by atoms with E-state index in [1.54, 1.807) is 12.1 Å². The molecular weight excluding hydrogens is 202 g/mol. The number of nitrogens with zero attached hydrogens (tertiary/aromatic N) is 1. The van der Waals surface area contributed by atoms with Crippen LogP contribution in [0.1, 0.15) is 16.1 Å². The summed E-state index contributed by atoms with van der Waals surface area (Å²) in [6.07, 6.45) is 1.99. The number of hydrogen-bond donors (Lipinski definition) is 0. The van der Waals surface area contributed by atoms with Gasteiger partial charge in [0.15, 0.2) is 0 Å². The van der Waals surface area contributed by atoms with Gasteiger partial charge in [0.1, 0.15) is 0 Å². The summed E-state index contributed by atoms with van der Waals surface area (Å²) < 4.78 is 6.70. The SMILES string of the molecule is COC(=O)c1ccc(-n2cccc2C)cc1. The molecule has 0 radical (unpaired) electrons. The molecular formula is C13H13NO2. The molecule has 0 atom stereocenters. The molecule has 2 aromatic rings. The Morgan fingerprint density at radius 3 is 2.38 bits per heavy atom. The maximum absolute atomic E-state index is 11.2. The topological polar surface area (TPSA) is 31.2 Å². The van der Waals surface area contributed by atoms with Crippen LogP contribution in [0.15, 0.2) is 42.6 Å². The molecule has 1 aromatic carbocycles. The van der Waals surface area contributed by atoms with Gasteiger partial charge in [-0.25, -0.2) is 4.79 Å². The van der Waals surface area contributed by atoms with Gasteiger partial charge in [-0.2, -0.15) is 0 Å². The number of benzene rings is 1. The Hall–Kier alpha value is -2.03. The van der Waals surface area contributed by atoms with Crippen LogP contribution in [0.5, 0.6) is 0 Å². The zero-order chi connectivity index (χ0) is 11.5. The third kappa shape index (κ3) is 1.84. The first kappa shape index (κ1) is 10.5. The lowest BCUT2D eigenvalue weighted by Crippen LogP contribution is -2.01. The Morgan fingerprint density at radius 2 is 1.88 bits per heavy atom. The highest BCUT2D eigenvalue weighted by Gasteiger charge is 2.05. The van der Waals surface area contributed by atoms with Crippen molar-refractivity contribution in [2.75, 3.05) is 7.11 Å². The van der Waals surface area contributed by atoms with Crippen molar-refractivity contribution in [3.63, 3.8) is 0 Å². The number of aromatic nitrogens is 1. The van der Waals surface area contributed by atoms with Crippen LogP contribution in [0.2, 0.25) is 0 Å². The third-order valence-corrected chi connectivity index (χ3v) is 2.52. The second-order valence-corrected chi connectivity index (χ2v) is 3.56. The fourth-order valence-corrected chi connectivity index (χ4v) is 1.63. The summed E-state index contributed by atoms with van der Waals surface area (Å²) in [6, 6.07) is 11.4. The number of rotatable bonds is 2. The zero-order valence-electron chi connectivity index (χ0n) is 9.31. The van der Waals surface area contributed by atoms with E-state index in [9.17, 15) is 4.79 Å². The van der Waals surface area contributed by atoms with Crippen molar-refractivity contribution in [3.05, 3.63) is 53.9 Å². The van der Waals surface area contributed by atoms with Crippen LogP contribution in [0.25, 0.3) is 5.69 Å². The van der Waals surface area contributed by atoms with E-state index in [4.69, 9.17) is 0 Å². The monoisotopic (exact) mass is 215 g/mol. The van der Waals surface area contributed by atoms with Gasteiger partial charge in [-0.15, -0.1) is 0 Å². The summed E-state index contributed by atoms with van der Waals surface area (Å²) in [5, 5.41) is 0. The van der Waals surface area contributed by atoms with Gasteiger partial charge in [0.25, 0.3) is 0 Å². The standard InChI is InChI=1S/C13H13NO2/c1-10-4-3-9-14(10)12-7-5-11(6-8-12)13(15)16-2/h3-9H,1-2H3. The Balaban J connectivity index is 2.33. The molecule has 1 heterocycles. The predicted molar refractivity (Wildman–Crippen MR) is 61.8 cm³/mol. The number of ether oxygens (including phenoxy) is 1. The molecule has 3 nitrogen and oxygen atoms in total. The molecule has 0 aliphatic heterocycles. The molecule has 0 unspecified atom stereocenters. The van der Waals surface area contributed by atoms with Crippen LogP contribution in [0, 0.1) is 6.92 Å². The molecule has 0 bridgehead atoms. The van der Waals surface area contributed by atoms with Crippen LogP contribution >= 0.6 is 0 Å². The molecule has 0 saturated heterocycles. The van der Waals surface area contributed by atoms with E-state index >= 15 is 0 Å². The summed E-state index contributed by atoms with van der Waals surface area (Å²) in [5.74, 6) is -0.309. The summed E-state index contributed by atoms with van der Waals surface area (Å²) >= 11 is 0. The van der Waals surface area contributed by atoms with Gasteiger partial charge >= 0.3 is 5.97 Å². The first-order chi connectivity index (χ1) is 7.72. The van der Waals surface area contributed by atoms with Gasteiger partial charge in [-0.1, -0.05) is 0 Å². The number of carbonyl (C=O) groups is 1. The maximum atomic E-state index is 11.2. The lowest BCUT2D eigenvalue weighted by molar-refractivity contribution is 0.0601. The summed E-state index contributed by atoms with van der Waals surface area (Å²) in [5.41, 5.74) is 2.76. The lowest BCUT2D eigenvalue weighted by Gasteiger charge is -2.06. The average Bonchev–Trinajstić information content (AvgIpc) is 2.75. The lowest BCUT2D eigenvalue weighted by atomic mass is 10.2. The highest BCUT2D eigenvalue weighted by Crippen LogP contribution is 2.13. The Labute approximate surface area is 94.3 Å². The largest absolute Gasteiger partial charge is 0.465 e. The molecule has 0 amide bonds. The van der Waals surface area contributed by atoms with Crippen molar-refractivity contribution in [1.29, 1.82) is 0 Å². The van der Waals surface area contributed by atoms with E-state index in [2.05, 4.69) is 9.30 Å². The minimum absolute atomic E-state index is 0.309. The highest BCUT2D eigenvalue weighted by molar-refractivity contribution is 5.89. The van der Waals surface area contributed by atoms with Crippen LogP contribution in [0.4, 0.5) is 0 Å². The number of esters is 1. The normalized spacial score (nSPS) is 10.1. The van der Waals surface area contributed by atoms with Gasteiger partial charge in [0.05, 0.1) is 12.7 Å². The smallest absolute Gasteiger partial charge is 0.337 e. The zero-order valence-corrected chi connectivity index (χ0v) is 9.31. The fraction of sp³-hybridized carbons (Fsp3) is 0.154. The van der Waals surface area contributed by atoms with Gasteiger partial charge in [0.2, 0.25) is 0 Å². The molecule has 0 N–H and O–H groups in total. The van der Waals surface area contributed by atoms with E-state index < -0.39 is 0 Å². The molecule has 0 fully saturated rings. The molecule has 0 aliphatic carbocycles. The van der Waals surface area contributed by atoms with Crippen LogP contribution < -0.4 is 0 Å². The van der Waals surface area contributed by atoms with Crippen molar-refractivity contribution in [1.82, 2.24) is 4.57 Å². The molecule has 0 spiro atoms. The molecule has 0 saturated carbocycles. The Morgan fingerprint density at radius 1 is 1.19 bits per heavy atom. The number of carbonyl (C=O) groups excluding carboxylic acids is 1. The third-order valence-electron chi connectivity index (χ3n) is 2.52. The van der Waals surface area contributed by atoms with Gasteiger partial charge < -0.3 is 9.30 Å². The molecule has 16 heavy (non-hydrogen) atoms. The van der Waals surface area contributed by atoms with Gasteiger partial charge in [-0.05, 0) is 43.3 Å². The van der Waals surface area contributed by atoms with E-state index in [0.29, 0.717) is 5.56 Å². The molecule has 3 heteroatoms. The molecule has 1 aromatic heterocycles. The van der Waals surface area contributed by atoms with Gasteiger partial charge in [-0.3, -0.25) is 0 Å². The Kier molecular flexibility index (Phi) is 2.77. The number of hydrogen-bond acceptors (Lipinski definition) is 2. The van der Waals surface area contributed by atoms with E-state index in [1.807, 2.05) is 37.4 Å². The van der Waals surface area contributed by atoms with Crippen LogP contribution in [-0.4, -0.2) is 17.6 Å². The van der Waals surface area contributed by atoms with Gasteiger partial charge in [0, 0.05) is 17.6 Å². The summed E-state index contributed by atoms with van der Waals surface area (Å²) in [4.78, 5) is 11.2. The number of aryl methyl sites for hydroxylation is 1. The molecule has 0 aliphatic rings. The summed E-state index contributed by atoms with van der Waals surface area (Å²) in [6.45, 7) is 2.04. The van der Waals surface area contributed by atoms with E-state index in [-0.39, 0.29) is 5.97 Å². The second kappa shape index (κ2) is 4.23. The van der Waals surface area contributed by atoms with E-state index in [1.165, 1.54) is 7.11 Å². The summed E-state index contributed by atoms with van der Waals surface area (Å²) in [7, 11) is 1.38. The van der Waals surface area contributed by atoms with Crippen molar-refractivity contribution >= 4 is 5.97 Å². The van der Waals surface area contributed by atoms with Crippen molar-refractivity contribution < 1.29 is 9.53 Å². The number of methoxy groups -OCH3 is 1. The van der Waals surface area contributed by atoms with Crippen LogP contribution in [-0.2, 0) is 4.74 Å². The fourth-order valence-electron chi connectivity index (χ4n) is 1.63. The van der Waals surface area contributed by atoms with Crippen molar-refractivity contribution in [2.45, 2.75) is 6.92 Å². The van der Waals surface area contributed by atoms with Crippen molar-refractivity contribution in [2.24, 2.45) is 0 Å². The first-order valence-corrected chi connectivity index (χ1v) is 5.05. The second-order valence-electron chi connectivity index (χ2n) is 3.56. The van der Waals surface area contributed by atoms with Crippen molar-refractivity contribution in [3.8, 4) is 5.69 Å². The Bertz CT molecular complexity index is 497. The van der Waals surface area contributed by atoms with Crippen LogP contribution in [0.3, 0.4) is 0 Å². The first-order valence-electron chi connectivity index (χ1n) is 5.05. The average molecular weight is 215 g/mol. The van der Waals surface area contributed by atoms with E-state index in [0.717, 1.165) is 11.4 Å². The quantitative estimate of drug-likeness (QED) is 0.721. The molecule has 82 valence electrons. The maximum Gasteiger partial charge on any atom is 0.337 e. The minimum atomic E-state index is -0.309. The molecule has 2 rings (SSSR count). The highest BCUT2D eigenvalue weighted by atomic mass is 16.5. The predicted octanol–water partition coefficient (Wildman–Crippen LogP) is 2.57.